The first-order valence-electron chi connectivity index (χ1n) is 21.6. The summed E-state index contributed by atoms with van der Waals surface area (Å²) in [7, 11) is 0. The van der Waals surface area contributed by atoms with Gasteiger partial charge in [0.2, 0.25) is 0 Å². The maximum Gasteiger partial charge on any atom is 0.152 e. The molecule has 0 aliphatic carbocycles. The molecule has 0 aromatic carbocycles. The van der Waals surface area contributed by atoms with Crippen molar-refractivity contribution in [2.24, 2.45) is 17.8 Å². The molecule has 0 heterocycles. The van der Waals surface area contributed by atoms with Crippen LogP contribution in [0.4, 0.5) is 0 Å². The Hall–Kier alpha value is -0.290. The van der Waals surface area contributed by atoms with Crippen LogP contribution in [-0.4, -0.2) is 161 Å². The van der Waals surface area contributed by atoms with E-state index in [-0.39, 0.29) is 51.9 Å². The standard InChI is InChI=1S/C41H86N2O10S/c1-7-13-17-35(10-4)28-51-32-39(45)25-42(24-38(44)31-50-22-16-23-54(48)49)20-21-43(26-40(46)33-52-29-36(11-5)18-14-8-2)27-41(47)34-53-30-37(12-6)19-15-9-3/h35-41,44-47H,7-34H2,1-6H3,(H,48,49). The highest BCUT2D eigenvalue weighted by Gasteiger charge is 2.22. The molecule has 326 valence electrons. The fourth-order valence-electron chi connectivity index (χ4n) is 6.51. The van der Waals surface area contributed by atoms with E-state index in [2.05, 4.69) is 41.5 Å². The van der Waals surface area contributed by atoms with Gasteiger partial charge in [-0.15, -0.1) is 0 Å². The van der Waals surface area contributed by atoms with Gasteiger partial charge < -0.3 is 43.9 Å². The van der Waals surface area contributed by atoms with Gasteiger partial charge in [-0.1, -0.05) is 99.3 Å². The van der Waals surface area contributed by atoms with Crippen LogP contribution < -0.4 is 0 Å². The van der Waals surface area contributed by atoms with Crippen LogP contribution >= 0.6 is 0 Å². The molecule has 8 atom stereocenters. The molecule has 0 spiro atoms. The van der Waals surface area contributed by atoms with Crippen molar-refractivity contribution >= 4 is 11.1 Å². The van der Waals surface area contributed by atoms with Gasteiger partial charge in [-0.05, 0) is 43.4 Å². The molecule has 0 fully saturated rings. The van der Waals surface area contributed by atoms with Gasteiger partial charge in [0.15, 0.2) is 11.1 Å². The van der Waals surface area contributed by atoms with Crippen LogP contribution in [0.1, 0.15) is 125 Å². The second kappa shape index (κ2) is 37.0. The van der Waals surface area contributed by atoms with Crippen LogP contribution in [0.2, 0.25) is 0 Å². The number of hydrogen-bond acceptors (Lipinski definition) is 11. The lowest BCUT2D eigenvalue weighted by atomic mass is 10.0. The third-order valence-electron chi connectivity index (χ3n) is 10.1. The van der Waals surface area contributed by atoms with Crippen LogP contribution in [-0.2, 0) is 30.0 Å². The summed E-state index contributed by atoms with van der Waals surface area (Å²) in [5.41, 5.74) is 0. The minimum atomic E-state index is -1.88. The van der Waals surface area contributed by atoms with E-state index >= 15 is 0 Å². The SMILES string of the molecule is CCCCC(CC)COCC(O)CN(CCN(CC(O)COCC(CC)CCCC)CC(O)COCC(CC)CCCC)CC(O)COCCCS(=O)O. The minimum absolute atomic E-state index is 0.0562. The maximum atomic E-state index is 11.1. The molecular formula is C41H86N2O10S. The molecule has 5 N–H and O–H groups in total. The highest BCUT2D eigenvalue weighted by Crippen LogP contribution is 2.15. The zero-order valence-corrected chi connectivity index (χ0v) is 36.2. The fraction of sp³-hybridized carbons (Fsp3) is 1.00. The average molecular weight is 799 g/mol. The lowest BCUT2D eigenvalue weighted by molar-refractivity contribution is -0.0306. The number of unbranched alkanes of at least 4 members (excludes halogenated alkanes) is 3. The molecule has 0 amide bonds. The van der Waals surface area contributed by atoms with Gasteiger partial charge in [-0.3, -0.25) is 9.80 Å². The number of rotatable bonds is 41. The Bertz CT molecular complexity index is 805. The van der Waals surface area contributed by atoms with E-state index in [1.807, 2.05) is 9.80 Å². The van der Waals surface area contributed by atoms with Gasteiger partial charge in [0, 0.05) is 65.7 Å². The van der Waals surface area contributed by atoms with E-state index in [1.54, 1.807) is 0 Å². The summed E-state index contributed by atoms with van der Waals surface area (Å²) in [5, 5.41) is 44.0. The van der Waals surface area contributed by atoms with Crippen LogP contribution in [0, 0.1) is 17.8 Å². The van der Waals surface area contributed by atoms with Gasteiger partial charge in [0.05, 0.1) is 56.6 Å². The van der Waals surface area contributed by atoms with Crippen molar-refractivity contribution in [2.75, 3.05) is 97.9 Å². The Labute approximate surface area is 333 Å². The van der Waals surface area contributed by atoms with Gasteiger partial charge in [0.1, 0.15) is 0 Å². The first-order chi connectivity index (χ1) is 26.0. The van der Waals surface area contributed by atoms with Crippen LogP contribution in [0.5, 0.6) is 0 Å². The summed E-state index contributed by atoms with van der Waals surface area (Å²) in [5.74, 6) is 1.52. The lowest BCUT2D eigenvalue weighted by Gasteiger charge is -2.32. The Morgan fingerprint density at radius 2 is 0.796 bits per heavy atom. The van der Waals surface area contributed by atoms with E-state index in [0.29, 0.717) is 70.2 Å². The average Bonchev–Trinajstić information content (AvgIpc) is 3.14. The van der Waals surface area contributed by atoms with Gasteiger partial charge in [-0.2, -0.15) is 0 Å². The Morgan fingerprint density at radius 1 is 0.481 bits per heavy atom. The summed E-state index contributed by atoms with van der Waals surface area (Å²) in [6.45, 7) is 17.8. The second-order valence-electron chi connectivity index (χ2n) is 15.5. The molecule has 54 heavy (non-hydrogen) atoms. The summed E-state index contributed by atoms with van der Waals surface area (Å²) < 4.78 is 43.4. The van der Waals surface area contributed by atoms with E-state index < -0.39 is 35.5 Å². The van der Waals surface area contributed by atoms with Crippen molar-refractivity contribution in [3.8, 4) is 0 Å². The largest absolute Gasteiger partial charge is 0.389 e. The highest BCUT2D eigenvalue weighted by molar-refractivity contribution is 7.79. The third-order valence-corrected chi connectivity index (χ3v) is 10.8. The first kappa shape index (κ1) is 53.7. The summed E-state index contributed by atoms with van der Waals surface area (Å²) in [4.78, 5) is 3.98. The molecule has 12 nitrogen and oxygen atoms in total. The van der Waals surface area contributed by atoms with Crippen molar-refractivity contribution < 1.29 is 48.1 Å². The van der Waals surface area contributed by atoms with E-state index in [0.717, 1.165) is 77.0 Å². The zero-order valence-electron chi connectivity index (χ0n) is 35.4. The predicted octanol–water partition coefficient (Wildman–Crippen LogP) is 5.36. The number of ether oxygens (including phenoxy) is 4. The maximum absolute atomic E-state index is 11.1. The first-order valence-corrected chi connectivity index (χ1v) is 22.8. The Morgan fingerprint density at radius 3 is 1.07 bits per heavy atom. The summed E-state index contributed by atoms with van der Waals surface area (Å²) >= 11 is -1.88. The number of nitrogens with zero attached hydrogens (tertiary/aromatic N) is 2. The molecule has 0 saturated carbocycles. The molecule has 0 aliphatic heterocycles. The van der Waals surface area contributed by atoms with E-state index in [9.17, 15) is 24.6 Å². The number of aliphatic hydroxyl groups is 4. The predicted molar refractivity (Wildman–Crippen MR) is 220 cm³/mol. The quantitative estimate of drug-likeness (QED) is 0.0399. The van der Waals surface area contributed by atoms with Gasteiger partial charge in [-0.25, -0.2) is 4.21 Å². The normalized spacial score (nSPS) is 16.8. The van der Waals surface area contributed by atoms with Crippen LogP contribution in [0.15, 0.2) is 0 Å². The number of aliphatic hydroxyl groups excluding tert-OH is 4. The molecule has 13 heteroatoms. The summed E-state index contributed by atoms with van der Waals surface area (Å²) in [6, 6.07) is 0. The molecule has 0 aromatic heterocycles. The minimum Gasteiger partial charge on any atom is -0.389 e. The van der Waals surface area contributed by atoms with Crippen molar-refractivity contribution in [1.29, 1.82) is 0 Å². The van der Waals surface area contributed by atoms with Crippen molar-refractivity contribution in [3.63, 3.8) is 0 Å². The van der Waals surface area contributed by atoms with Crippen LogP contribution in [0.3, 0.4) is 0 Å². The molecule has 8 unspecified atom stereocenters. The van der Waals surface area contributed by atoms with Crippen molar-refractivity contribution in [3.05, 3.63) is 0 Å². The highest BCUT2D eigenvalue weighted by atomic mass is 32.2. The van der Waals surface area contributed by atoms with E-state index in [1.165, 1.54) is 0 Å². The molecule has 0 saturated heterocycles. The third kappa shape index (κ3) is 31.8. The molecule has 0 bridgehead atoms. The molecule has 0 rings (SSSR count). The molecular weight excluding hydrogens is 713 g/mol. The van der Waals surface area contributed by atoms with Crippen molar-refractivity contribution in [2.45, 2.75) is 149 Å². The fourth-order valence-corrected chi connectivity index (χ4v) is 6.88. The summed E-state index contributed by atoms with van der Waals surface area (Å²) in [6.07, 6.45) is 10.7. The second-order valence-corrected chi connectivity index (χ2v) is 16.5. The zero-order chi connectivity index (χ0) is 40.4. The molecule has 0 radical (unpaired) electrons. The molecule has 0 aliphatic rings. The van der Waals surface area contributed by atoms with Gasteiger partial charge >= 0.3 is 0 Å². The van der Waals surface area contributed by atoms with Crippen molar-refractivity contribution in [1.82, 2.24) is 9.80 Å². The number of hydrogen-bond donors (Lipinski definition) is 5. The van der Waals surface area contributed by atoms with Gasteiger partial charge in [0.25, 0.3) is 0 Å². The van der Waals surface area contributed by atoms with Crippen LogP contribution in [0.25, 0.3) is 0 Å². The lowest BCUT2D eigenvalue weighted by Crippen LogP contribution is -2.47. The smallest absolute Gasteiger partial charge is 0.152 e. The van der Waals surface area contributed by atoms with E-state index in [4.69, 9.17) is 23.5 Å². The molecule has 0 aromatic rings. The monoisotopic (exact) mass is 799 g/mol. The topological polar surface area (TPSA) is 162 Å². The Kier molecular flexibility index (Phi) is 36.8. The Balaban J connectivity index is 5.59.